The van der Waals surface area contributed by atoms with Crippen LogP contribution in [0.25, 0.3) is 22.2 Å². The van der Waals surface area contributed by atoms with Gasteiger partial charge in [-0.05, 0) is 24.3 Å². The zero-order valence-corrected chi connectivity index (χ0v) is 18.6. The number of rotatable bonds is 6. The van der Waals surface area contributed by atoms with Crippen molar-refractivity contribution in [3.05, 3.63) is 94.0 Å². The summed E-state index contributed by atoms with van der Waals surface area (Å²) in [4.78, 5) is 17.7. The number of aromatic nitrogens is 1. The van der Waals surface area contributed by atoms with Crippen LogP contribution in [-0.2, 0) is 0 Å². The summed E-state index contributed by atoms with van der Waals surface area (Å²) in [6.45, 7) is -0.195. The third-order valence-electron chi connectivity index (χ3n) is 4.72. The number of pyridine rings is 1. The van der Waals surface area contributed by atoms with Crippen molar-refractivity contribution in [3.8, 4) is 23.1 Å². The Balaban J connectivity index is 1.65. The van der Waals surface area contributed by atoms with Gasteiger partial charge in [0.05, 0.1) is 28.0 Å². The highest BCUT2D eigenvalue weighted by atomic mass is 35.5. The van der Waals surface area contributed by atoms with E-state index in [1.165, 1.54) is 12.3 Å². The molecule has 0 spiro atoms. The second-order valence-corrected chi connectivity index (χ2v) is 7.73. The molecule has 8 heteroatoms. The van der Waals surface area contributed by atoms with Crippen LogP contribution in [0.15, 0.2) is 77.9 Å². The van der Waals surface area contributed by atoms with E-state index < -0.39 is 5.91 Å². The molecule has 3 aromatic carbocycles. The first kappa shape index (κ1) is 22.3. The summed E-state index contributed by atoms with van der Waals surface area (Å²) in [6.07, 6.45) is 1.36. The molecule has 0 aliphatic rings. The number of para-hydroxylation sites is 1. The molecule has 1 amide bonds. The third kappa shape index (κ3) is 5.12. The lowest BCUT2D eigenvalue weighted by Crippen LogP contribution is -2.18. The third-order valence-corrected chi connectivity index (χ3v) is 5.22. The first-order valence-electron chi connectivity index (χ1n) is 9.84. The van der Waals surface area contributed by atoms with Gasteiger partial charge in [-0.1, -0.05) is 71.7 Å². The minimum absolute atomic E-state index is 0.195. The lowest BCUT2D eigenvalue weighted by Gasteiger charge is -2.10. The highest BCUT2D eigenvalue weighted by Crippen LogP contribution is 2.31. The van der Waals surface area contributed by atoms with Gasteiger partial charge in [-0.25, -0.2) is 10.4 Å². The summed E-state index contributed by atoms with van der Waals surface area (Å²) < 4.78 is 5.37. The summed E-state index contributed by atoms with van der Waals surface area (Å²) in [5.41, 5.74) is 5.66. The molecule has 0 atom stereocenters. The van der Waals surface area contributed by atoms with Crippen molar-refractivity contribution >= 4 is 46.2 Å². The zero-order valence-electron chi connectivity index (χ0n) is 17.1. The molecule has 1 aromatic heterocycles. The van der Waals surface area contributed by atoms with E-state index in [4.69, 9.17) is 33.2 Å². The Morgan fingerprint density at radius 1 is 1.09 bits per heavy atom. The van der Waals surface area contributed by atoms with Crippen LogP contribution in [0.5, 0.6) is 5.75 Å². The van der Waals surface area contributed by atoms with Gasteiger partial charge in [0.15, 0.2) is 6.61 Å². The van der Waals surface area contributed by atoms with Gasteiger partial charge in [0, 0.05) is 21.5 Å². The molecule has 1 heterocycles. The van der Waals surface area contributed by atoms with E-state index >= 15 is 0 Å². The molecule has 1 N–H and O–H groups in total. The van der Waals surface area contributed by atoms with Crippen LogP contribution in [0, 0.1) is 11.3 Å². The molecule has 0 fully saturated rings. The second kappa shape index (κ2) is 10.1. The van der Waals surface area contributed by atoms with Crippen molar-refractivity contribution in [1.29, 1.82) is 5.26 Å². The summed E-state index contributed by atoms with van der Waals surface area (Å²) in [6, 6.07) is 23.7. The minimum atomic E-state index is -0.408. The summed E-state index contributed by atoms with van der Waals surface area (Å²) in [5, 5.41) is 14.1. The minimum Gasteiger partial charge on any atom is -0.476 e. The van der Waals surface area contributed by atoms with Gasteiger partial charge in [0.25, 0.3) is 5.91 Å². The van der Waals surface area contributed by atoms with Crippen LogP contribution in [-0.4, -0.2) is 23.7 Å². The first-order valence-corrected chi connectivity index (χ1v) is 10.6. The van der Waals surface area contributed by atoms with Gasteiger partial charge >= 0.3 is 0 Å². The molecular formula is C25H16Cl2N4O2. The number of carbonyl (C=O) groups excluding carboxylic acids is 1. The van der Waals surface area contributed by atoms with Crippen LogP contribution < -0.4 is 10.2 Å². The van der Waals surface area contributed by atoms with Crippen molar-refractivity contribution in [1.82, 2.24) is 10.4 Å². The lowest BCUT2D eigenvalue weighted by molar-refractivity contribution is 0.0956. The van der Waals surface area contributed by atoms with Crippen LogP contribution >= 0.6 is 23.2 Å². The molecule has 0 radical (unpaired) electrons. The molecule has 162 valence electrons. The van der Waals surface area contributed by atoms with E-state index in [1.807, 2.05) is 60.7 Å². The number of amides is 1. The Bertz CT molecular complexity index is 1400. The van der Waals surface area contributed by atoms with E-state index in [2.05, 4.69) is 15.5 Å². The van der Waals surface area contributed by atoms with Gasteiger partial charge < -0.3 is 4.74 Å². The normalized spacial score (nSPS) is 10.8. The number of hydrogen-bond donors (Lipinski definition) is 1. The maximum atomic E-state index is 13.0. The van der Waals surface area contributed by atoms with Crippen LogP contribution in [0.2, 0.25) is 10.0 Å². The number of carbonyl (C=O) groups is 1. The average molecular weight is 475 g/mol. The molecule has 0 aliphatic carbocycles. The fourth-order valence-electron chi connectivity index (χ4n) is 3.27. The predicted molar refractivity (Wildman–Crippen MR) is 130 cm³/mol. The van der Waals surface area contributed by atoms with Crippen molar-refractivity contribution < 1.29 is 9.53 Å². The summed E-state index contributed by atoms with van der Waals surface area (Å²) in [7, 11) is 0. The van der Waals surface area contributed by atoms with Gasteiger partial charge in [-0.15, -0.1) is 0 Å². The summed E-state index contributed by atoms with van der Waals surface area (Å²) >= 11 is 12.2. The van der Waals surface area contributed by atoms with Crippen molar-refractivity contribution in [3.63, 3.8) is 0 Å². The molecule has 6 nitrogen and oxygen atoms in total. The Morgan fingerprint density at radius 3 is 2.64 bits per heavy atom. The van der Waals surface area contributed by atoms with Crippen molar-refractivity contribution in [2.75, 3.05) is 6.61 Å². The number of hydrogen-bond acceptors (Lipinski definition) is 5. The lowest BCUT2D eigenvalue weighted by atomic mass is 10.0. The van der Waals surface area contributed by atoms with Crippen LogP contribution in [0.3, 0.4) is 0 Å². The maximum Gasteiger partial charge on any atom is 0.272 e. The van der Waals surface area contributed by atoms with E-state index in [9.17, 15) is 4.79 Å². The number of halogens is 2. The molecule has 0 saturated heterocycles. The molecule has 33 heavy (non-hydrogen) atoms. The van der Waals surface area contributed by atoms with E-state index in [0.717, 1.165) is 5.56 Å². The van der Waals surface area contributed by atoms with Crippen LogP contribution in [0.4, 0.5) is 0 Å². The topological polar surface area (TPSA) is 87.4 Å². The van der Waals surface area contributed by atoms with E-state index in [-0.39, 0.29) is 17.4 Å². The van der Waals surface area contributed by atoms with Crippen molar-refractivity contribution in [2.24, 2.45) is 5.10 Å². The fourth-order valence-corrected chi connectivity index (χ4v) is 3.84. The predicted octanol–water partition coefficient (Wildman–Crippen LogP) is 5.87. The highest BCUT2D eigenvalue weighted by molar-refractivity contribution is 6.36. The Labute approximate surface area is 200 Å². The highest BCUT2D eigenvalue weighted by Gasteiger charge is 2.14. The molecule has 4 rings (SSSR count). The van der Waals surface area contributed by atoms with Crippen LogP contribution in [0.1, 0.15) is 15.9 Å². The number of benzene rings is 3. The van der Waals surface area contributed by atoms with E-state index in [1.54, 1.807) is 12.1 Å². The average Bonchev–Trinajstić information content (AvgIpc) is 2.83. The molecule has 4 aromatic rings. The molecule has 0 saturated carbocycles. The number of fused-ring (bicyclic) bond motifs is 1. The largest absolute Gasteiger partial charge is 0.476 e. The summed E-state index contributed by atoms with van der Waals surface area (Å²) in [5.74, 6) is -0.156. The smallest absolute Gasteiger partial charge is 0.272 e. The molecular weight excluding hydrogens is 459 g/mol. The number of ether oxygens (including phenoxy) is 1. The number of nitrogens with zero attached hydrogens (tertiary/aromatic N) is 3. The fraction of sp³-hybridized carbons (Fsp3) is 0.0400. The van der Waals surface area contributed by atoms with E-state index in [0.29, 0.717) is 32.7 Å². The van der Waals surface area contributed by atoms with Crippen molar-refractivity contribution in [2.45, 2.75) is 0 Å². The standard InChI is InChI=1S/C25H16Cl2N4O2/c26-18-12-17(24(21(27)13-18)33-11-10-28)15-29-31-25(32)20-14-23(16-6-2-1-3-7-16)30-22-9-5-4-8-19(20)22/h1-9,12-15H,11H2,(H,31,32)/b29-15-. The maximum absolute atomic E-state index is 13.0. The number of nitrogens with one attached hydrogen (secondary N) is 1. The van der Waals surface area contributed by atoms with Gasteiger partial charge in [-0.2, -0.15) is 10.4 Å². The molecule has 0 aliphatic heterocycles. The zero-order chi connectivity index (χ0) is 23.2. The quantitative estimate of drug-likeness (QED) is 0.279. The van der Waals surface area contributed by atoms with Gasteiger partial charge in [0.2, 0.25) is 0 Å². The Hall–Kier alpha value is -3.92. The number of hydrazone groups is 1. The first-order chi connectivity index (χ1) is 16.1. The second-order valence-electron chi connectivity index (χ2n) is 6.89. The Morgan fingerprint density at radius 2 is 1.85 bits per heavy atom. The molecule has 0 unspecified atom stereocenters. The molecule has 0 bridgehead atoms. The van der Waals surface area contributed by atoms with Gasteiger partial charge in [-0.3, -0.25) is 4.79 Å². The number of nitriles is 1. The van der Waals surface area contributed by atoms with Gasteiger partial charge in [0.1, 0.15) is 11.8 Å². The SMILES string of the molecule is N#CCOc1c(Cl)cc(Cl)cc1/C=N\NC(=O)c1cc(-c2ccccc2)nc2ccccc12. The monoisotopic (exact) mass is 474 g/mol. The Kier molecular flexibility index (Phi) is 6.84.